The first kappa shape index (κ1) is 14.9. The Labute approximate surface area is 143 Å². The molecule has 2 amide bonds. The third-order valence-electron chi connectivity index (χ3n) is 4.12. The second-order valence-corrected chi connectivity index (χ2v) is 6.55. The summed E-state index contributed by atoms with van der Waals surface area (Å²) in [7, 11) is 0. The van der Waals surface area contributed by atoms with Crippen LogP contribution in [-0.2, 0) is 6.54 Å². The second kappa shape index (κ2) is 6.45. The van der Waals surface area contributed by atoms with Crippen molar-refractivity contribution >= 4 is 28.6 Å². The van der Waals surface area contributed by atoms with Crippen LogP contribution in [0.1, 0.15) is 17.1 Å². The van der Waals surface area contributed by atoms with Gasteiger partial charge in [0.05, 0.1) is 6.54 Å². The molecule has 24 heavy (non-hydrogen) atoms. The summed E-state index contributed by atoms with van der Waals surface area (Å²) in [5, 5.41) is 13.2. The topological polar surface area (TPSA) is 62.5 Å². The van der Waals surface area contributed by atoms with Crippen molar-refractivity contribution < 1.29 is 4.79 Å². The van der Waals surface area contributed by atoms with Gasteiger partial charge in [-0.1, -0.05) is 18.2 Å². The lowest BCUT2D eigenvalue weighted by Gasteiger charge is -2.26. The molecule has 0 spiro atoms. The Morgan fingerprint density at radius 1 is 1.25 bits per heavy atom. The minimum atomic E-state index is -0.0656. The van der Waals surface area contributed by atoms with Crippen LogP contribution in [0.4, 0.5) is 4.79 Å². The number of nitrogens with one attached hydrogen (secondary N) is 1. The van der Waals surface area contributed by atoms with Gasteiger partial charge in [0.2, 0.25) is 0 Å². The maximum Gasteiger partial charge on any atom is 0.318 e. The third kappa shape index (κ3) is 2.90. The van der Waals surface area contributed by atoms with Crippen LogP contribution >= 0.6 is 11.3 Å². The lowest BCUT2D eigenvalue weighted by atomic mass is 10.1. The summed E-state index contributed by atoms with van der Waals surface area (Å²) in [6.07, 6.45) is 4.93. The van der Waals surface area contributed by atoms with E-state index < -0.39 is 0 Å². The number of thiophene rings is 1. The summed E-state index contributed by atoms with van der Waals surface area (Å²) >= 11 is 1.74. The molecule has 6 nitrogen and oxygen atoms in total. The number of pyridine rings is 1. The maximum absolute atomic E-state index is 12.4. The fraction of sp³-hybridized carbons (Fsp3) is 0.235. The fourth-order valence-corrected chi connectivity index (χ4v) is 3.61. The molecule has 0 saturated heterocycles. The molecule has 0 unspecified atom stereocenters. The van der Waals surface area contributed by atoms with Crippen molar-refractivity contribution in [2.75, 3.05) is 13.1 Å². The van der Waals surface area contributed by atoms with Gasteiger partial charge in [0.25, 0.3) is 0 Å². The number of aromatic nitrogens is 3. The van der Waals surface area contributed by atoms with Gasteiger partial charge >= 0.3 is 6.03 Å². The van der Waals surface area contributed by atoms with E-state index in [1.807, 2.05) is 33.7 Å². The molecule has 0 aliphatic carbocycles. The van der Waals surface area contributed by atoms with Crippen molar-refractivity contribution in [3.8, 4) is 0 Å². The van der Waals surface area contributed by atoms with Gasteiger partial charge in [-0.25, -0.2) is 4.79 Å². The minimum Gasteiger partial charge on any atom is -0.331 e. The highest BCUT2D eigenvalue weighted by Gasteiger charge is 2.18. The Hall–Kier alpha value is -2.67. The molecular weight excluding hydrogens is 322 g/mol. The first-order valence-corrected chi connectivity index (χ1v) is 8.73. The van der Waals surface area contributed by atoms with Crippen LogP contribution in [0, 0.1) is 0 Å². The molecule has 0 bridgehead atoms. The molecule has 122 valence electrons. The largest absolute Gasteiger partial charge is 0.331 e. The Balaban J connectivity index is 1.37. The Bertz CT molecular complexity index is 883. The molecule has 0 aromatic carbocycles. The van der Waals surface area contributed by atoms with Crippen molar-refractivity contribution in [3.63, 3.8) is 0 Å². The standard InChI is InChI=1S/C17H17N5OS/c23-17(18-12-16-20-19-15-5-1-2-8-22(15)16)21-9-6-13(7-10-21)14-4-3-11-24-14/h1-6,8,11H,7,9-10,12H2,(H,18,23). The molecule has 4 heterocycles. The van der Waals surface area contributed by atoms with Gasteiger partial charge in [0.15, 0.2) is 11.5 Å². The molecule has 1 aliphatic heterocycles. The van der Waals surface area contributed by atoms with Gasteiger partial charge in [-0.15, -0.1) is 21.5 Å². The fourth-order valence-electron chi connectivity index (χ4n) is 2.82. The molecule has 3 aromatic rings. The number of hydrogen-bond acceptors (Lipinski definition) is 4. The highest BCUT2D eigenvalue weighted by atomic mass is 32.1. The monoisotopic (exact) mass is 339 g/mol. The average Bonchev–Trinajstić information content (AvgIpc) is 3.30. The van der Waals surface area contributed by atoms with E-state index in [0.717, 1.165) is 24.4 Å². The maximum atomic E-state index is 12.4. The molecule has 3 aromatic heterocycles. The van der Waals surface area contributed by atoms with E-state index in [1.165, 1.54) is 10.5 Å². The lowest BCUT2D eigenvalue weighted by Crippen LogP contribution is -2.42. The third-order valence-corrected chi connectivity index (χ3v) is 5.06. The normalized spacial score (nSPS) is 14.7. The Morgan fingerprint density at radius 2 is 2.21 bits per heavy atom. The SMILES string of the molecule is O=C(NCc1nnc2ccccn12)N1CC=C(c2cccs2)CC1. The summed E-state index contributed by atoms with van der Waals surface area (Å²) < 4.78 is 1.88. The van der Waals surface area contributed by atoms with Gasteiger partial charge < -0.3 is 10.2 Å². The second-order valence-electron chi connectivity index (χ2n) is 5.61. The van der Waals surface area contributed by atoms with Gasteiger partial charge in [-0.3, -0.25) is 4.40 Å². The number of urea groups is 1. The molecular formula is C17H17N5OS. The molecule has 0 radical (unpaired) electrons. The Kier molecular flexibility index (Phi) is 4.00. The van der Waals surface area contributed by atoms with Crippen molar-refractivity contribution in [3.05, 3.63) is 58.7 Å². The summed E-state index contributed by atoms with van der Waals surface area (Å²) in [6, 6.07) is 9.84. The molecule has 0 fully saturated rings. The van der Waals surface area contributed by atoms with Crippen molar-refractivity contribution in [2.24, 2.45) is 0 Å². The van der Waals surface area contributed by atoms with Crippen LogP contribution in [0.3, 0.4) is 0 Å². The van der Waals surface area contributed by atoms with Gasteiger partial charge in [-0.2, -0.15) is 0 Å². The van der Waals surface area contributed by atoms with Crippen molar-refractivity contribution in [1.82, 2.24) is 24.8 Å². The first-order valence-electron chi connectivity index (χ1n) is 7.85. The molecule has 1 N–H and O–H groups in total. The van der Waals surface area contributed by atoms with Gasteiger partial charge in [0, 0.05) is 24.2 Å². The van der Waals surface area contributed by atoms with Crippen LogP contribution in [0.25, 0.3) is 11.2 Å². The van der Waals surface area contributed by atoms with E-state index in [0.29, 0.717) is 13.1 Å². The first-order chi connectivity index (χ1) is 11.8. The zero-order valence-corrected chi connectivity index (χ0v) is 13.9. The molecule has 7 heteroatoms. The zero-order valence-electron chi connectivity index (χ0n) is 13.1. The van der Waals surface area contributed by atoms with E-state index >= 15 is 0 Å². The van der Waals surface area contributed by atoms with Crippen molar-refractivity contribution in [2.45, 2.75) is 13.0 Å². The van der Waals surface area contributed by atoms with E-state index in [4.69, 9.17) is 0 Å². The average molecular weight is 339 g/mol. The quantitative estimate of drug-likeness (QED) is 0.798. The van der Waals surface area contributed by atoms with E-state index in [-0.39, 0.29) is 6.03 Å². The number of nitrogens with zero attached hydrogens (tertiary/aromatic N) is 4. The number of carbonyl (C=O) groups is 1. The summed E-state index contributed by atoms with van der Waals surface area (Å²) in [4.78, 5) is 15.5. The van der Waals surface area contributed by atoms with E-state index in [1.54, 1.807) is 11.3 Å². The number of fused-ring (bicyclic) bond motifs is 1. The summed E-state index contributed by atoms with van der Waals surface area (Å²) in [5.74, 6) is 0.728. The van der Waals surface area contributed by atoms with Gasteiger partial charge in [-0.05, 0) is 35.6 Å². The van der Waals surface area contributed by atoms with E-state index in [2.05, 4.69) is 39.1 Å². The Morgan fingerprint density at radius 3 is 3.00 bits per heavy atom. The zero-order chi connectivity index (χ0) is 16.4. The van der Waals surface area contributed by atoms with Crippen LogP contribution < -0.4 is 5.32 Å². The summed E-state index contributed by atoms with van der Waals surface area (Å²) in [5.41, 5.74) is 2.11. The van der Waals surface area contributed by atoms with Crippen LogP contribution in [0.15, 0.2) is 48.0 Å². The number of rotatable bonds is 3. The predicted octanol–water partition coefficient (Wildman–Crippen LogP) is 2.79. The van der Waals surface area contributed by atoms with Crippen LogP contribution in [0.2, 0.25) is 0 Å². The van der Waals surface area contributed by atoms with Crippen molar-refractivity contribution in [1.29, 1.82) is 0 Å². The van der Waals surface area contributed by atoms with Crippen LogP contribution in [0.5, 0.6) is 0 Å². The lowest BCUT2D eigenvalue weighted by molar-refractivity contribution is 0.202. The number of hydrogen-bond donors (Lipinski definition) is 1. The summed E-state index contributed by atoms with van der Waals surface area (Å²) in [6.45, 7) is 1.73. The highest BCUT2D eigenvalue weighted by Crippen LogP contribution is 2.25. The minimum absolute atomic E-state index is 0.0656. The number of amides is 2. The molecule has 0 atom stereocenters. The van der Waals surface area contributed by atoms with Gasteiger partial charge in [0.1, 0.15) is 0 Å². The molecule has 0 saturated carbocycles. The van der Waals surface area contributed by atoms with Crippen LogP contribution in [-0.4, -0.2) is 38.6 Å². The highest BCUT2D eigenvalue weighted by molar-refractivity contribution is 7.11. The molecule has 4 rings (SSSR count). The molecule has 1 aliphatic rings. The number of carbonyl (C=O) groups excluding carboxylic acids is 1. The smallest absolute Gasteiger partial charge is 0.318 e. The van der Waals surface area contributed by atoms with E-state index in [9.17, 15) is 4.79 Å². The predicted molar refractivity (Wildman–Crippen MR) is 93.7 cm³/mol.